The van der Waals surface area contributed by atoms with Crippen LogP contribution >= 0.6 is 11.3 Å². The van der Waals surface area contributed by atoms with Gasteiger partial charge in [0.2, 0.25) is 15.9 Å². The van der Waals surface area contributed by atoms with Gasteiger partial charge in [-0.3, -0.25) is 9.59 Å². The van der Waals surface area contributed by atoms with Crippen molar-refractivity contribution in [1.29, 1.82) is 0 Å². The van der Waals surface area contributed by atoms with Gasteiger partial charge in [-0.05, 0) is 31.5 Å². The number of carbonyl (C=O) groups excluding carboxylic acids is 3. The summed E-state index contributed by atoms with van der Waals surface area (Å²) in [4.78, 5) is 39.6. The second-order valence-corrected chi connectivity index (χ2v) is 10.1. The van der Waals surface area contributed by atoms with Gasteiger partial charge in [-0.2, -0.15) is 4.31 Å². The average molecular weight is 494 g/mol. The van der Waals surface area contributed by atoms with Gasteiger partial charge < -0.3 is 15.0 Å². The van der Waals surface area contributed by atoms with E-state index in [9.17, 15) is 22.8 Å². The van der Waals surface area contributed by atoms with E-state index in [0.717, 1.165) is 15.6 Å². The molecule has 0 saturated carbocycles. The molecule has 178 valence electrons. The summed E-state index contributed by atoms with van der Waals surface area (Å²) < 4.78 is 32.0. The molecule has 1 heterocycles. The third kappa shape index (κ3) is 6.06. The molecule has 1 aromatic carbocycles. The van der Waals surface area contributed by atoms with Crippen molar-refractivity contribution in [2.45, 2.75) is 18.7 Å². The highest BCUT2D eigenvalue weighted by atomic mass is 32.2. The molecule has 0 aliphatic heterocycles. The predicted molar refractivity (Wildman–Crippen MR) is 127 cm³/mol. The van der Waals surface area contributed by atoms with Crippen LogP contribution < -0.4 is 5.32 Å². The topological polar surface area (TPSA) is 113 Å². The molecule has 0 fully saturated rings. The number of nitrogens with one attached hydrogen (secondary N) is 1. The fraction of sp³-hybridized carbons (Fsp3) is 0.318. The lowest BCUT2D eigenvalue weighted by molar-refractivity contribution is -0.116. The van der Waals surface area contributed by atoms with E-state index in [0.29, 0.717) is 5.56 Å². The summed E-state index contributed by atoms with van der Waals surface area (Å²) in [7, 11) is -0.811. The Kier molecular flexibility index (Phi) is 8.91. The van der Waals surface area contributed by atoms with Gasteiger partial charge in [0.25, 0.3) is 5.91 Å². The van der Waals surface area contributed by atoms with E-state index in [2.05, 4.69) is 11.9 Å². The molecule has 0 bridgehead atoms. The summed E-state index contributed by atoms with van der Waals surface area (Å²) in [6.07, 6.45) is 1.38. The van der Waals surface area contributed by atoms with E-state index in [1.807, 2.05) is 0 Å². The number of thiophene rings is 1. The third-order valence-electron chi connectivity index (χ3n) is 4.51. The van der Waals surface area contributed by atoms with E-state index in [1.54, 1.807) is 46.1 Å². The van der Waals surface area contributed by atoms with Crippen LogP contribution in [0.5, 0.6) is 0 Å². The molecular weight excluding hydrogens is 466 g/mol. The van der Waals surface area contributed by atoms with Gasteiger partial charge in [0.1, 0.15) is 5.00 Å². The van der Waals surface area contributed by atoms with Gasteiger partial charge in [0.15, 0.2) is 0 Å². The lowest BCUT2D eigenvalue weighted by Gasteiger charge is -2.20. The molecule has 9 nitrogen and oxygen atoms in total. The van der Waals surface area contributed by atoms with Crippen molar-refractivity contribution < 1.29 is 27.5 Å². The number of anilines is 1. The van der Waals surface area contributed by atoms with E-state index in [4.69, 9.17) is 4.74 Å². The number of rotatable bonds is 10. The SMILES string of the molecule is C=CCN(CC(=O)Nc1sc(C(=O)N(C)C)c(C)c1C(=O)OCC)S(=O)(=O)c1ccccc1. The number of sulfonamides is 1. The lowest BCUT2D eigenvalue weighted by Crippen LogP contribution is -2.38. The van der Waals surface area contributed by atoms with Gasteiger partial charge in [0.05, 0.1) is 28.5 Å². The first-order valence-corrected chi connectivity index (χ1v) is 12.3. The quantitative estimate of drug-likeness (QED) is 0.402. The fourth-order valence-corrected chi connectivity index (χ4v) is 5.54. The first-order valence-electron chi connectivity index (χ1n) is 10.0. The lowest BCUT2D eigenvalue weighted by atomic mass is 10.1. The van der Waals surface area contributed by atoms with Crippen molar-refractivity contribution in [3.8, 4) is 0 Å². The van der Waals surface area contributed by atoms with Gasteiger partial charge in [-0.15, -0.1) is 17.9 Å². The van der Waals surface area contributed by atoms with Crippen LogP contribution in [0.15, 0.2) is 47.9 Å². The number of esters is 1. The molecule has 2 amide bonds. The third-order valence-corrected chi connectivity index (χ3v) is 7.53. The standard InChI is InChI=1S/C22H27N3O6S2/c1-6-13-25(33(29,30)16-11-9-8-10-12-16)14-17(26)23-20-18(22(28)31-7-2)15(3)19(32-20)21(27)24(4)5/h6,8-12H,1,7,13-14H2,2-5H3,(H,23,26). The summed E-state index contributed by atoms with van der Waals surface area (Å²) in [5.74, 6) is -1.69. The van der Waals surface area contributed by atoms with Crippen molar-refractivity contribution >= 4 is 44.1 Å². The number of carbonyl (C=O) groups is 3. The minimum atomic E-state index is -3.96. The number of amides is 2. The molecule has 33 heavy (non-hydrogen) atoms. The van der Waals surface area contributed by atoms with Gasteiger partial charge >= 0.3 is 5.97 Å². The van der Waals surface area contributed by atoms with Crippen molar-refractivity contribution in [2.24, 2.45) is 0 Å². The number of hydrogen-bond acceptors (Lipinski definition) is 7. The van der Waals surface area contributed by atoms with Gasteiger partial charge in [-0.1, -0.05) is 24.3 Å². The molecule has 0 unspecified atom stereocenters. The van der Waals surface area contributed by atoms with Crippen molar-refractivity contribution in [3.05, 3.63) is 59.0 Å². The number of benzene rings is 1. The Labute approximate surface area is 197 Å². The van der Waals surface area contributed by atoms with Crippen molar-refractivity contribution in [2.75, 3.05) is 39.1 Å². The van der Waals surface area contributed by atoms with Crippen LogP contribution in [-0.4, -0.2) is 69.2 Å². The van der Waals surface area contributed by atoms with Crippen LogP contribution in [0.1, 0.15) is 32.5 Å². The zero-order valence-corrected chi connectivity index (χ0v) is 20.6. The van der Waals surface area contributed by atoms with E-state index >= 15 is 0 Å². The molecule has 1 aromatic heterocycles. The molecule has 0 spiro atoms. The zero-order chi connectivity index (χ0) is 24.8. The predicted octanol–water partition coefficient (Wildman–Crippen LogP) is 2.75. The molecule has 2 rings (SSSR count). The maximum atomic E-state index is 13.0. The van der Waals surface area contributed by atoms with Crippen molar-refractivity contribution in [1.82, 2.24) is 9.21 Å². The Morgan fingerprint density at radius 3 is 2.36 bits per heavy atom. The molecule has 0 atom stereocenters. The first-order chi connectivity index (χ1) is 15.5. The van der Waals surface area contributed by atoms with E-state index < -0.39 is 28.4 Å². The Morgan fingerprint density at radius 2 is 1.82 bits per heavy atom. The molecule has 0 aliphatic rings. The Hall–Kier alpha value is -3.02. The van der Waals surface area contributed by atoms with Crippen LogP contribution in [0.4, 0.5) is 5.00 Å². The monoisotopic (exact) mass is 493 g/mol. The van der Waals surface area contributed by atoms with Crippen LogP contribution in [0.2, 0.25) is 0 Å². The average Bonchev–Trinajstić information content (AvgIpc) is 3.09. The minimum absolute atomic E-state index is 0.0395. The highest BCUT2D eigenvalue weighted by molar-refractivity contribution is 7.89. The Morgan fingerprint density at radius 1 is 1.18 bits per heavy atom. The molecule has 11 heteroatoms. The first kappa shape index (κ1) is 26.2. The smallest absolute Gasteiger partial charge is 0.341 e. The summed E-state index contributed by atoms with van der Waals surface area (Å²) in [5.41, 5.74) is 0.453. The summed E-state index contributed by atoms with van der Waals surface area (Å²) in [6.45, 7) is 6.31. The summed E-state index contributed by atoms with van der Waals surface area (Å²) >= 11 is 0.937. The second kappa shape index (κ2) is 11.2. The Bertz CT molecular complexity index is 1140. The maximum Gasteiger partial charge on any atom is 0.341 e. The summed E-state index contributed by atoms with van der Waals surface area (Å²) in [6, 6.07) is 7.73. The van der Waals surface area contributed by atoms with Crippen LogP contribution in [0.3, 0.4) is 0 Å². The normalized spacial score (nSPS) is 11.2. The second-order valence-electron chi connectivity index (χ2n) is 7.13. The number of hydrogen-bond donors (Lipinski definition) is 1. The van der Waals surface area contributed by atoms with E-state index in [1.165, 1.54) is 23.1 Å². The number of ether oxygens (including phenoxy) is 1. The van der Waals surface area contributed by atoms with Crippen LogP contribution in [0.25, 0.3) is 0 Å². The zero-order valence-electron chi connectivity index (χ0n) is 19.0. The summed E-state index contributed by atoms with van der Waals surface area (Å²) in [5, 5.41) is 2.71. The molecular formula is C22H27N3O6S2. The highest BCUT2D eigenvalue weighted by Gasteiger charge is 2.29. The molecule has 0 saturated heterocycles. The molecule has 2 aromatic rings. The van der Waals surface area contributed by atoms with Crippen molar-refractivity contribution in [3.63, 3.8) is 0 Å². The van der Waals surface area contributed by atoms with Gasteiger partial charge in [-0.25, -0.2) is 13.2 Å². The maximum absolute atomic E-state index is 13.0. The number of nitrogens with zero attached hydrogens (tertiary/aromatic N) is 2. The fourth-order valence-electron chi connectivity index (χ4n) is 2.92. The van der Waals surface area contributed by atoms with Crippen LogP contribution in [0, 0.1) is 6.92 Å². The molecule has 0 radical (unpaired) electrons. The van der Waals surface area contributed by atoms with Gasteiger partial charge in [0, 0.05) is 20.6 Å². The largest absolute Gasteiger partial charge is 0.462 e. The van der Waals surface area contributed by atoms with Crippen LogP contribution in [-0.2, 0) is 19.6 Å². The van der Waals surface area contributed by atoms with E-state index in [-0.39, 0.29) is 39.4 Å². The molecule has 1 N–H and O–H groups in total. The minimum Gasteiger partial charge on any atom is -0.462 e. The highest BCUT2D eigenvalue weighted by Crippen LogP contribution is 2.34. The Balaban J connectivity index is 2.37. The molecule has 0 aliphatic carbocycles.